The number of aliphatic hydroxyl groups excluding tert-OH is 1. The first-order chi connectivity index (χ1) is 5.81. The van der Waals surface area contributed by atoms with Crippen molar-refractivity contribution in [3.63, 3.8) is 0 Å². The smallest absolute Gasteiger partial charge is 0.309 e. The maximum absolute atomic E-state index is 10.8. The third-order valence-electron chi connectivity index (χ3n) is 2.13. The molecular formula is C7H10O5. The summed E-state index contributed by atoms with van der Waals surface area (Å²) in [6, 6.07) is 0. The summed E-state index contributed by atoms with van der Waals surface area (Å²) in [5, 5.41) is 8.49. The fourth-order valence-corrected chi connectivity index (χ4v) is 1.58. The van der Waals surface area contributed by atoms with Crippen LogP contribution in [0.1, 0.15) is 6.42 Å². The minimum atomic E-state index is -0.366. The summed E-state index contributed by atoms with van der Waals surface area (Å²) in [7, 11) is 0. The van der Waals surface area contributed by atoms with E-state index >= 15 is 0 Å². The minimum absolute atomic E-state index is 0.172. The van der Waals surface area contributed by atoms with Gasteiger partial charge in [-0.3, -0.25) is 4.79 Å². The highest BCUT2D eigenvalue weighted by molar-refractivity contribution is 5.72. The molecule has 0 bridgehead atoms. The van der Waals surface area contributed by atoms with Crippen LogP contribution in [0.25, 0.3) is 0 Å². The number of fused-ring (bicyclic) bond motifs is 1. The van der Waals surface area contributed by atoms with Gasteiger partial charge in [-0.05, 0) is 0 Å². The third kappa shape index (κ3) is 1.20. The molecule has 0 saturated carbocycles. The van der Waals surface area contributed by atoms with Crippen LogP contribution < -0.4 is 0 Å². The predicted octanol–water partition coefficient (Wildman–Crippen LogP) is -0.964. The Kier molecular flexibility index (Phi) is 2.00. The Morgan fingerprint density at radius 1 is 1.67 bits per heavy atom. The van der Waals surface area contributed by atoms with Crippen LogP contribution >= 0.6 is 0 Å². The van der Waals surface area contributed by atoms with Crippen molar-refractivity contribution in [2.24, 2.45) is 0 Å². The number of carbonyl (C=O) groups excluding carboxylic acids is 1. The molecule has 3 unspecified atom stereocenters. The van der Waals surface area contributed by atoms with E-state index in [0.29, 0.717) is 13.0 Å². The van der Waals surface area contributed by atoms with Crippen molar-refractivity contribution in [2.45, 2.75) is 24.7 Å². The van der Waals surface area contributed by atoms with Crippen molar-refractivity contribution in [1.29, 1.82) is 0 Å². The standard InChI is InChI=1S/C7H10O5/c8-3-11-5-2-10-4-1-6(9)12-7(4)5/h4-5,7-8H,1-3H2. The normalized spacial score (nSPS) is 39.8. The molecule has 0 aromatic rings. The molecule has 12 heavy (non-hydrogen) atoms. The molecule has 2 fully saturated rings. The first kappa shape index (κ1) is 7.97. The molecule has 2 aliphatic rings. The van der Waals surface area contributed by atoms with Crippen molar-refractivity contribution in [1.82, 2.24) is 0 Å². The topological polar surface area (TPSA) is 65.0 Å². The summed E-state index contributed by atoms with van der Waals surface area (Å²) >= 11 is 0. The summed E-state index contributed by atoms with van der Waals surface area (Å²) in [4.78, 5) is 10.8. The van der Waals surface area contributed by atoms with Crippen molar-refractivity contribution in [2.75, 3.05) is 13.4 Å². The number of hydrogen-bond donors (Lipinski definition) is 1. The molecule has 0 spiro atoms. The average molecular weight is 174 g/mol. The fourth-order valence-electron chi connectivity index (χ4n) is 1.58. The van der Waals surface area contributed by atoms with Crippen LogP contribution in [0, 0.1) is 0 Å². The molecule has 5 heteroatoms. The monoisotopic (exact) mass is 174 g/mol. The molecule has 0 radical (unpaired) electrons. The van der Waals surface area contributed by atoms with Crippen molar-refractivity contribution in [3.8, 4) is 0 Å². The SMILES string of the molecule is O=C1CC2OCC(OCO)C2O1. The molecule has 2 saturated heterocycles. The van der Waals surface area contributed by atoms with E-state index in [-0.39, 0.29) is 31.1 Å². The number of carbonyl (C=O) groups is 1. The van der Waals surface area contributed by atoms with Gasteiger partial charge in [0.15, 0.2) is 6.10 Å². The van der Waals surface area contributed by atoms with Gasteiger partial charge in [-0.15, -0.1) is 0 Å². The zero-order valence-electron chi connectivity index (χ0n) is 6.43. The molecule has 3 atom stereocenters. The largest absolute Gasteiger partial charge is 0.457 e. The first-order valence-electron chi connectivity index (χ1n) is 3.85. The number of hydrogen-bond acceptors (Lipinski definition) is 5. The van der Waals surface area contributed by atoms with Gasteiger partial charge in [-0.2, -0.15) is 0 Å². The lowest BCUT2D eigenvalue weighted by atomic mass is 10.1. The number of rotatable bonds is 2. The average Bonchev–Trinajstić information content (AvgIpc) is 2.52. The number of esters is 1. The second kappa shape index (κ2) is 3.01. The van der Waals surface area contributed by atoms with E-state index < -0.39 is 0 Å². The van der Waals surface area contributed by atoms with E-state index in [4.69, 9.17) is 19.3 Å². The molecule has 2 heterocycles. The summed E-state index contributed by atoms with van der Waals surface area (Å²) in [5.74, 6) is -0.253. The zero-order chi connectivity index (χ0) is 8.55. The van der Waals surface area contributed by atoms with Gasteiger partial charge >= 0.3 is 5.97 Å². The van der Waals surface area contributed by atoms with E-state index in [1.54, 1.807) is 0 Å². The van der Waals surface area contributed by atoms with Crippen molar-refractivity contribution >= 4 is 5.97 Å². The van der Waals surface area contributed by atoms with Gasteiger partial charge in [0.05, 0.1) is 13.0 Å². The molecule has 0 aromatic heterocycles. The first-order valence-corrected chi connectivity index (χ1v) is 3.85. The van der Waals surface area contributed by atoms with Crippen LogP contribution in [0.15, 0.2) is 0 Å². The molecule has 1 N–H and O–H groups in total. The van der Waals surface area contributed by atoms with Crippen molar-refractivity contribution in [3.05, 3.63) is 0 Å². The van der Waals surface area contributed by atoms with Crippen LogP contribution in [-0.2, 0) is 19.0 Å². The van der Waals surface area contributed by atoms with Crippen LogP contribution in [0.2, 0.25) is 0 Å². The highest BCUT2D eigenvalue weighted by atomic mass is 16.7. The Morgan fingerprint density at radius 2 is 2.50 bits per heavy atom. The van der Waals surface area contributed by atoms with Crippen LogP contribution in [0.4, 0.5) is 0 Å². The van der Waals surface area contributed by atoms with E-state index in [0.717, 1.165) is 0 Å². The molecule has 0 amide bonds. The zero-order valence-corrected chi connectivity index (χ0v) is 6.43. The van der Waals surface area contributed by atoms with Crippen LogP contribution in [0.5, 0.6) is 0 Å². The van der Waals surface area contributed by atoms with E-state index in [9.17, 15) is 4.79 Å². The van der Waals surface area contributed by atoms with Gasteiger partial charge in [-0.1, -0.05) is 0 Å². The van der Waals surface area contributed by atoms with Gasteiger partial charge in [0, 0.05) is 0 Å². The van der Waals surface area contributed by atoms with Gasteiger partial charge < -0.3 is 19.3 Å². The molecule has 2 rings (SSSR count). The maximum Gasteiger partial charge on any atom is 0.309 e. The lowest BCUT2D eigenvalue weighted by Crippen LogP contribution is -2.30. The highest BCUT2D eigenvalue weighted by Gasteiger charge is 2.46. The molecule has 0 aromatic carbocycles. The summed E-state index contributed by atoms with van der Waals surface area (Å²) in [6.45, 7) is 0.0258. The lowest BCUT2D eigenvalue weighted by Gasteiger charge is -2.13. The predicted molar refractivity (Wildman–Crippen MR) is 36.2 cm³/mol. The van der Waals surface area contributed by atoms with Crippen molar-refractivity contribution < 1.29 is 24.1 Å². The summed E-state index contributed by atoms with van der Waals surface area (Å²) in [5.41, 5.74) is 0. The van der Waals surface area contributed by atoms with Gasteiger partial charge in [0.1, 0.15) is 19.0 Å². The Balaban J connectivity index is 1.98. The Bertz CT molecular complexity index is 190. The Labute approximate surface area is 69.2 Å². The maximum atomic E-state index is 10.8. The van der Waals surface area contributed by atoms with Gasteiger partial charge in [0.25, 0.3) is 0 Å². The number of ether oxygens (including phenoxy) is 3. The fraction of sp³-hybridized carbons (Fsp3) is 0.857. The van der Waals surface area contributed by atoms with Gasteiger partial charge in [0.2, 0.25) is 0 Å². The molecule has 2 aliphatic heterocycles. The third-order valence-corrected chi connectivity index (χ3v) is 2.13. The minimum Gasteiger partial charge on any atom is -0.457 e. The van der Waals surface area contributed by atoms with Crippen LogP contribution in [0.3, 0.4) is 0 Å². The van der Waals surface area contributed by atoms with Gasteiger partial charge in [-0.25, -0.2) is 0 Å². The Morgan fingerprint density at radius 3 is 3.25 bits per heavy atom. The second-order valence-electron chi connectivity index (χ2n) is 2.86. The van der Waals surface area contributed by atoms with E-state index in [1.165, 1.54) is 0 Å². The highest BCUT2D eigenvalue weighted by Crippen LogP contribution is 2.28. The summed E-state index contributed by atoms with van der Waals surface area (Å²) in [6.07, 6.45) is -0.485. The second-order valence-corrected chi connectivity index (χ2v) is 2.86. The quantitative estimate of drug-likeness (QED) is 0.431. The van der Waals surface area contributed by atoms with Crippen LogP contribution in [-0.4, -0.2) is 42.8 Å². The molecule has 0 aliphatic carbocycles. The van der Waals surface area contributed by atoms with E-state index in [2.05, 4.69) is 0 Å². The molecule has 5 nitrogen and oxygen atoms in total. The summed E-state index contributed by atoms with van der Waals surface area (Å²) < 4.78 is 15.1. The number of aliphatic hydroxyl groups is 1. The Hall–Kier alpha value is -0.650. The molecule has 68 valence electrons. The van der Waals surface area contributed by atoms with E-state index in [1.807, 2.05) is 0 Å². The molecular weight excluding hydrogens is 164 g/mol. The lowest BCUT2D eigenvalue weighted by molar-refractivity contribution is -0.150.